The zero-order chi connectivity index (χ0) is 22.0. The van der Waals surface area contributed by atoms with Gasteiger partial charge in [0.15, 0.2) is 6.29 Å². The summed E-state index contributed by atoms with van der Waals surface area (Å²) in [4.78, 5) is 18.4. The number of anilines is 1. The molecule has 5 N–H and O–H groups in total. The molecule has 1 aromatic heterocycles. The fraction of sp³-hybridized carbons (Fsp3) is 0.400. The Balaban J connectivity index is 1.65. The van der Waals surface area contributed by atoms with E-state index in [1.807, 2.05) is 0 Å². The molecule has 8 nitrogen and oxygen atoms in total. The maximum absolute atomic E-state index is 13.7. The van der Waals surface area contributed by atoms with Crippen molar-refractivity contribution in [3.8, 4) is 0 Å². The van der Waals surface area contributed by atoms with E-state index in [2.05, 4.69) is 36.0 Å². The number of carbonyl (C=O) groups is 1. The summed E-state index contributed by atoms with van der Waals surface area (Å²) in [6.45, 7) is 1.67. The predicted molar refractivity (Wildman–Crippen MR) is 112 cm³/mol. The number of aromatic amines is 1. The molecule has 4 rings (SSSR count). The van der Waals surface area contributed by atoms with Crippen LogP contribution in [0.15, 0.2) is 35.0 Å². The van der Waals surface area contributed by atoms with Gasteiger partial charge in [-0.15, -0.1) is 0 Å². The summed E-state index contributed by atoms with van der Waals surface area (Å²) in [5.74, 6) is 0. The zero-order valence-electron chi connectivity index (χ0n) is 16.8. The van der Waals surface area contributed by atoms with Crippen molar-refractivity contribution >= 4 is 34.6 Å². The number of ether oxygens (including phenoxy) is 1. The topological polar surface area (TPSA) is 103 Å². The first-order valence-electron chi connectivity index (χ1n) is 9.89. The molecule has 1 fully saturated rings. The number of nitrogens with zero attached hydrogens (tertiary/aromatic N) is 1. The van der Waals surface area contributed by atoms with E-state index in [0.717, 1.165) is 32.1 Å². The summed E-state index contributed by atoms with van der Waals surface area (Å²) in [6.07, 6.45) is -1.56. The number of fused-ring (bicyclic) bond motifs is 1. The van der Waals surface area contributed by atoms with Crippen molar-refractivity contribution in [3.05, 3.63) is 35.5 Å². The van der Waals surface area contributed by atoms with Gasteiger partial charge in [-0.25, -0.2) is 4.79 Å². The number of piperidine rings is 1. The molecular formula is C20H23F3N6O2. The molecule has 1 aromatic carbocycles. The van der Waals surface area contributed by atoms with Crippen molar-refractivity contribution in [1.29, 1.82) is 0 Å². The fourth-order valence-electron chi connectivity index (χ4n) is 3.78. The Hall–Kier alpha value is -3.05. The van der Waals surface area contributed by atoms with Crippen molar-refractivity contribution in [2.24, 2.45) is 4.99 Å². The highest BCUT2D eigenvalue weighted by Crippen LogP contribution is 2.35. The van der Waals surface area contributed by atoms with Gasteiger partial charge in [0.2, 0.25) is 0 Å². The Morgan fingerprint density at radius 1 is 1.32 bits per heavy atom. The average Bonchev–Trinajstić information content (AvgIpc) is 3.16. The van der Waals surface area contributed by atoms with Crippen molar-refractivity contribution in [2.75, 3.05) is 25.5 Å². The zero-order valence-corrected chi connectivity index (χ0v) is 16.8. The van der Waals surface area contributed by atoms with Crippen LogP contribution in [0.3, 0.4) is 0 Å². The number of amides is 1. The minimum Gasteiger partial charge on any atom is -0.453 e. The van der Waals surface area contributed by atoms with E-state index in [1.165, 1.54) is 13.3 Å². The molecule has 2 atom stereocenters. The third kappa shape index (κ3) is 4.67. The molecule has 1 amide bonds. The lowest BCUT2D eigenvalue weighted by Crippen LogP contribution is -2.52. The fourth-order valence-corrected chi connectivity index (χ4v) is 3.78. The molecule has 0 aliphatic carbocycles. The van der Waals surface area contributed by atoms with Crippen LogP contribution in [0.5, 0.6) is 0 Å². The molecule has 0 saturated carbocycles. The number of benzene rings is 1. The minimum absolute atomic E-state index is 0.0521. The number of carbonyl (C=O) groups excluding carboxylic acids is 1. The number of aliphatic imine (C=N–C) groups is 1. The number of hydrogen-bond acceptors (Lipinski definition) is 6. The summed E-state index contributed by atoms with van der Waals surface area (Å²) in [5, 5.41) is 12.6. The predicted octanol–water partition coefficient (Wildman–Crippen LogP) is 2.92. The highest BCUT2D eigenvalue weighted by molar-refractivity contribution is 6.01. The van der Waals surface area contributed by atoms with Crippen LogP contribution >= 0.6 is 0 Å². The molecule has 0 spiro atoms. The van der Waals surface area contributed by atoms with Crippen molar-refractivity contribution in [3.63, 3.8) is 0 Å². The van der Waals surface area contributed by atoms with Crippen LogP contribution in [0.1, 0.15) is 18.4 Å². The van der Waals surface area contributed by atoms with Gasteiger partial charge in [-0.2, -0.15) is 13.2 Å². The smallest absolute Gasteiger partial charge is 0.419 e. The first-order chi connectivity index (χ1) is 14.8. The van der Waals surface area contributed by atoms with Crippen LogP contribution in [0.4, 0.5) is 23.7 Å². The maximum atomic E-state index is 13.7. The average molecular weight is 436 g/mol. The minimum atomic E-state index is -4.57. The largest absolute Gasteiger partial charge is 0.453 e. The number of hydrogen-bond donors (Lipinski definition) is 5. The summed E-state index contributed by atoms with van der Waals surface area (Å²) in [7, 11) is 1.25. The van der Waals surface area contributed by atoms with Crippen LogP contribution in [-0.2, 0) is 4.74 Å². The van der Waals surface area contributed by atoms with Gasteiger partial charge in [0, 0.05) is 47.2 Å². The van der Waals surface area contributed by atoms with E-state index in [-0.39, 0.29) is 11.7 Å². The monoisotopic (exact) mass is 436 g/mol. The number of rotatable bonds is 4. The van der Waals surface area contributed by atoms with Crippen LogP contribution in [0, 0.1) is 0 Å². The summed E-state index contributed by atoms with van der Waals surface area (Å²) < 4.78 is 45.7. The molecular weight excluding hydrogens is 413 g/mol. The molecule has 11 heteroatoms. The van der Waals surface area contributed by atoms with Crippen LogP contribution in [0.2, 0.25) is 0 Å². The number of methoxy groups -OCH3 is 1. The van der Waals surface area contributed by atoms with Crippen LogP contribution < -0.4 is 21.3 Å². The molecule has 31 heavy (non-hydrogen) atoms. The SMILES string of the molecule is COC(=O)Nc1ccc2c(C3=C(C(F)(F)F)C=NC(NC4CCCNC4)N3)c[nH]c2c1. The van der Waals surface area contributed by atoms with Gasteiger partial charge in [-0.1, -0.05) is 6.07 Å². The van der Waals surface area contributed by atoms with Gasteiger partial charge >= 0.3 is 12.3 Å². The van der Waals surface area contributed by atoms with Gasteiger partial charge in [-0.3, -0.25) is 15.6 Å². The van der Waals surface area contributed by atoms with Crippen molar-refractivity contribution < 1.29 is 22.7 Å². The number of halogens is 3. The number of H-pyrrole nitrogens is 1. The van der Waals surface area contributed by atoms with E-state index >= 15 is 0 Å². The second kappa shape index (κ2) is 8.60. The standard InChI is InChI=1S/C20H23F3N6O2/c1-31-19(30)28-11-4-5-13-14(9-25-16(13)7-11)17-15(20(21,22)23)10-26-18(29-17)27-12-3-2-6-24-8-12/h4-5,7,9-10,12,18,24-25,27,29H,2-3,6,8H2,1H3,(H,28,30). The maximum Gasteiger partial charge on any atom is 0.419 e. The molecule has 2 unspecified atom stereocenters. The molecule has 2 aliphatic rings. The third-order valence-corrected chi connectivity index (χ3v) is 5.28. The molecule has 1 saturated heterocycles. The molecule has 3 heterocycles. The second-order valence-corrected chi connectivity index (χ2v) is 7.40. The third-order valence-electron chi connectivity index (χ3n) is 5.28. The van der Waals surface area contributed by atoms with E-state index < -0.39 is 24.1 Å². The first kappa shape index (κ1) is 21.2. The van der Waals surface area contributed by atoms with Gasteiger partial charge < -0.3 is 20.4 Å². The summed E-state index contributed by atoms with van der Waals surface area (Å²) >= 11 is 0. The van der Waals surface area contributed by atoms with E-state index in [1.54, 1.807) is 18.2 Å². The molecule has 2 aromatic rings. The highest BCUT2D eigenvalue weighted by Gasteiger charge is 2.38. The lowest BCUT2D eigenvalue weighted by Gasteiger charge is -2.31. The molecule has 2 aliphatic heterocycles. The van der Waals surface area contributed by atoms with E-state index in [4.69, 9.17) is 0 Å². The Labute approximate surface area is 176 Å². The molecule has 0 bridgehead atoms. The second-order valence-electron chi connectivity index (χ2n) is 7.40. The summed E-state index contributed by atoms with van der Waals surface area (Å²) in [5.41, 5.74) is 0.504. The first-order valence-corrected chi connectivity index (χ1v) is 9.89. The quantitative estimate of drug-likeness (QED) is 0.507. The number of aromatic nitrogens is 1. The molecule has 0 radical (unpaired) electrons. The number of nitrogens with one attached hydrogen (secondary N) is 5. The van der Waals surface area contributed by atoms with Crippen molar-refractivity contribution in [2.45, 2.75) is 31.3 Å². The normalized spacial score (nSPS) is 21.8. The Morgan fingerprint density at radius 2 is 2.16 bits per heavy atom. The van der Waals surface area contributed by atoms with Gasteiger partial charge in [0.25, 0.3) is 0 Å². The summed E-state index contributed by atoms with van der Waals surface area (Å²) in [6, 6.07) is 5.00. The Bertz CT molecular complexity index is 1020. The van der Waals surface area contributed by atoms with Crippen molar-refractivity contribution in [1.82, 2.24) is 20.9 Å². The Morgan fingerprint density at radius 3 is 2.87 bits per heavy atom. The molecule has 166 valence electrons. The Kier molecular flexibility index (Phi) is 5.88. The number of allylic oxidation sites excluding steroid dienone is 1. The van der Waals surface area contributed by atoms with Crippen LogP contribution in [-0.4, -0.2) is 56.0 Å². The van der Waals surface area contributed by atoms with Crippen LogP contribution in [0.25, 0.3) is 16.6 Å². The van der Waals surface area contributed by atoms with E-state index in [0.29, 0.717) is 22.2 Å². The van der Waals surface area contributed by atoms with Gasteiger partial charge in [0.1, 0.15) is 0 Å². The lowest BCUT2D eigenvalue weighted by molar-refractivity contribution is -0.0855. The highest BCUT2D eigenvalue weighted by atomic mass is 19.4. The number of alkyl halides is 3. The van der Waals surface area contributed by atoms with Gasteiger partial charge in [-0.05, 0) is 31.5 Å². The van der Waals surface area contributed by atoms with E-state index in [9.17, 15) is 18.0 Å². The van der Waals surface area contributed by atoms with Gasteiger partial charge in [0.05, 0.1) is 18.4 Å². The lowest BCUT2D eigenvalue weighted by atomic mass is 10.0.